The van der Waals surface area contributed by atoms with Gasteiger partial charge in [-0.3, -0.25) is 19.6 Å². The highest BCUT2D eigenvalue weighted by atomic mass is 16.6. The van der Waals surface area contributed by atoms with E-state index in [-0.39, 0.29) is 12.1 Å². The Morgan fingerprint density at radius 1 is 0.833 bits per heavy atom. The molecule has 2 heterocycles. The first-order chi connectivity index (χ1) is 13.8. The van der Waals surface area contributed by atoms with Gasteiger partial charge < -0.3 is 9.47 Å². The zero-order valence-electron chi connectivity index (χ0n) is 18.6. The number of aliphatic imine (C=N–C) groups is 2. The maximum atomic E-state index is 12.3. The number of carbonyl (C=O) groups is 2. The van der Waals surface area contributed by atoms with Crippen molar-refractivity contribution in [3.05, 3.63) is 0 Å². The SMILES string of the molecule is CC(C)(C)OC(=O)C(C#N)C1=N[C@H]([C@@H]2CCC([C@H](C#N)C(=O)OC(C)(C)C)=N2)CC1. The van der Waals surface area contributed by atoms with Crippen molar-refractivity contribution in [1.82, 2.24) is 0 Å². The quantitative estimate of drug-likeness (QED) is 0.636. The van der Waals surface area contributed by atoms with Crippen molar-refractivity contribution in [2.75, 3.05) is 0 Å². The monoisotopic (exact) mass is 414 g/mol. The second-order valence-electron chi connectivity index (χ2n) is 9.64. The van der Waals surface area contributed by atoms with Crippen LogP contribution in [0.3, 0.4) is 0 Å². The molecule has 0 N–H and O–H groups in total. The topological polar surface area (TPSA) is 125 Å². The molecule has 8 heteroatoms. The van der Waals surface area contributed by atoms with Crippen LogP contribution < -0.4 is 0 Å². The normalized spacial score (nSPS) is 23.5. The Bertz CT molecular complexity index is 763. The molecule has 8 nitrogen and oxygen atoms in total. The van der Waals surface area contributed by atoms with Crippen LogP contribution in [0.2, 0.25) is 0 Å². The zero-order chi connectivity index (χ0) is 22.7. The standard InChI is InChI=1S/C22H30N4O4/c1-21(2,3)29-19(27)13(11-23)15-7-9-17(25-15)18-10-8-16(26-18)14(12-24)20(28)30-22(4,5)6/h13-14,17-18H,7-10H2,1-6H3/t13-,14?,17-,18-/m0/s1. The maximum Gasteiger partial charge on any atom is 0.329 e. The molecule has 2 rings (SSSR count). The summed E-state index contributed by atoms with van der Waals surface area (Å²) in [7, 11) is 0. The second kappa shape index (κ2) is 8.95. The molecule has 0 aromatic heterocycles. The van der Waals surface area contributed by atoms with Crippen LogP contribution in [0.4, 0.5) is 0 Å². The molecule has 0 saturated heterocycles. The number of esters is 2. The molecule has 0 fully saturated rings. The Labute approximate surface area is 178 Å². The molecule has 4 atom stereocenters. The van der Waals surface area contributed by atoms with Gasteiger partial charge in [-0.2, -0.15) is 10.5 Å². The third-order valence-electron chi connectivity index (χ3n) is 4.71. The van der Waals surface area contributed by atoms with Gasteiger partial charge in [0.1, 0.15) is 11.2 Å². The molecule has 0 radical (unpaired) electrons. The van der Waals surface area contributed by atoms with E-state index in [1.165, 1.54) is 0 Å². The lowest BCUT2D eigenvalue weighted by atomic mass is 9.99. The van der Waals surface area contributed by atoms with Gasteiger partial charge in [-0.05, 0) is 67.2 Å². The summed E-state index contributed by atoms with van der Waals surface area (Å²) in [5, 5.41) is 18.9. The molecule has 0 aliphatic carbocycles. The summed E-state index contributed by atoms with van der Waals surface area (Å²) in [5.74, 6) is -3.22. The van der Waals surface area contributed by atoms with E-state index in [1.54, 1.807) is 41.5 Å². The van der Waals surface area contributed by atoms with Crippen LogP contribution in [0.5, 0.6) is 0 Å². The van der Waals surface area contributed by atoms with Crippen molar-refractivity contribution in [1.29, 1.82) is 10.5 Å². The summed E-state index contributed by atoms with van der Waals surface area (Å²) >= 11 is 0. The van der Waals surface area contributed by atoms with Gasteiger partial charge in [0.05, 0.1) is 24.2 Å². The van der Waals surface area contributed by atoms with E-state index in [9.17, 15) is 20.1 Å². The first-order valence-corrected chi connectivity index (χ1v) is 10.2. The molecule has 0 saturated carbocycles. The third kappa shape index (κ3) is 6.13. The van der Waals surface area contributed by atoms with Gasteiger partial charge in [0, 0.05) is 11.4 Å². The highest BCUT2D eigenvalue weighted by Crippen LogP contribution is 2.30. The van der Waals surface area contributed by atoms with Crippen LogP contribution in [-0.4, -0.2) is 46.6 Å². The summed E-state index contributed by atoms with van der Waals surface area (Å²) in [6, 6.07) is 3.66. The molecule has 0 amide bonds. The minimum absolute atomic E-state index is 0.172. The Kier molecular flexibility index (Phi) is 7.02. The largest absolute Gasteiger partial charge is 0.459 e. The van der Waals surface area contributed by atoms with Crippen molar-refractivity contribution in [2.45, 2.75) is 90.5 Å². The predicted octanol–water partition coefficient (Wildman–Crippen LogP) is 3.16. The average Bonchev–Trinajstić information content (AvgIpc) is 3.22. The number of rotatable bonds is 5. The van der Waals surface area contributed by atoms with E-state index in [1.807, 2.05) is 12.1 Å². The molecule has 2 aliphatic rings. The lowest BCUT2D eigenvalue weighted by Crippen LogP contribution is -2.31. The average molecular weight is 415 g/mol. The van der Waals surface area contributed by atoms with E-state index in [0.29, 0.717) is 37.1 Å². The molecule has 2 aliphatic heterocycles. The highest BCUT2D eigenvalue weighted by molar-refractivity contribution is 6.06. The van der Waals surface area contributed by atoms with Gasteiger partial charge in [0.25, 0.3) is 0 Å². The Hall–Kier alpha value is -2.74. The van der Waals surface area contributed by atoms with Crippen molar-refractivity contribution < 1.29 is 19.1 Å². The van der Waals surface area contributed by atoms with Crippen molar-refractivity contribution >= 4 is 23.4 Å². The molecule has 0 aromatic rings. The number of carbonyl (C=O) groups excluding carboxylic acids is 2. The summed E-state index contributed by atoms with van der Waals surface area (Å²) in [4.78, 5) is 33.9. The van der Waals surface area contributed by atoms with Crippen molar-refractivity contribution in [3.63, 3.8) is 0 Å². The first kappa shape index (κ1) is 23.5. The molecular weight excluding hydrogens is 384 g/mol. The Morgan fingerprint density at radius 3 is 1.43 bits per heavy atom. The minimum Gasteiger partial charge on any atom is -0.459 e. The van der Waals surface area contributed by atoms with Gasteiger partial charge in [0.15, 0.2) is 11.8 Å². The fourth-order valence-electron chi connectivity index (χ4n) is 3.52. The number of hydrogen-bond donors (Lipinski definition) is 0. The molecule has 1 unspecified atom stereocenters. The van der Waals surface area contributed by atoms with Crippen molar-refractivity contribution in [3.8, 4) is 12.1 Å². The third-order valence-corrected chi connectivity index (χ3v) is 4.71. The van der Waals surface area contributed by atoms with E-state index < -0.39 is 35.0 Å². The van der Waals surface area contributed by atoms with E-state index >= 15 is 0 Å². The number of nitrogens with zero attached hydrogens (tertiary/aromatic N) is 4. The zero-order valence-corrected chi connectivity index (χ0v) is 18.6. The van der Waals surface area contributed by atoms with Crippen LogP contribution in [0.15, 0.2) is 9.98 Å². The predicted molar refractivity (Wildman–Crippen MR) is 111 cm³/mol. The minimum atomic E-state index is -1.02. The van der Waals surface area contributed by atoms with Gasteiger partial charge in [0.2, 0.25) is 0 Å². The van der Waals surface area contributed by atoms with Gasteiger partial charge >= 0.3 is 11.9 Å². The molecule has 162 valence electrons. The van der Waals surface area contributed by atoms with Crippen LogP contribution >= 0.6 is 0 Å². The van der Waals surface area contributed by atoms with E-state index in [2.05, 4.69) is 9.98 Å². The molecule has 0 bridgehead atoms. The van der Waals surface area contributed by atoms with Crippen LogP contribution in [0.1, 0.15) is 67.2 Å². The van der Waals surface area contributed by atoms with Gasteiger partial charge in [-0.1, -0.05) is 0 Å². The number of ether oxygens (including phenoxy) is 2. The number of nitriles is 2. The van der Waals surface area contributed by atoms with Crippen LogP contribution in [-0.2, 0) is 19.1 Å². The Balaban J connectivity index is 2.11. The maximum absolute atomic E-state index is 12.3. The van der Waals surface area contributed by atoms with Gasteiger partial charge in [-0.15, -0.1) is 0 Å². The lowest BCUT2D eigenvalue weighted by Gasteiger charge is -2.21. The van der Waals surface area contributed by atoms with Crippen LogP contribution in [0.25, 0.3) is 0 Å². The van der Waals surface area contributed by atoms with E-state index in [0.717, 1.165) is 0 Å². The fourth-order valence-corrected chi connectivity index (χ4v) is 3.52. The lowest BCUT2D eigenvalue weighted by molar-refractivity contribution is -0.156. The first-order valence-electron chi connectivity index (χ1n) is 10.2. The van der Waals surface area contributed by atoms with Crippen molar-refractivity contribution in [2.24, 2.45) is 21.8 Å². The Morgan fingerprint density at radius 2 is 1.17 bits per heavy atom. The van der Waals surface area contributed by atoms with Crippen LogP contribution in [0, 0.1) is 34.5 Å². The molecular formula is C22H30N4O4. The fraction of sp³-hybridized carbons (Fsp3) is 0.727. The highest BCUT2D eigenvalue weighted by Gasteiger charge is 2.38. The van der Waals surface area contributed by atoms with Gasteiger partial charge in [-0.25, -0.2) is 0 Å². The molecule has 0 aromatic carbocycles. The second-order valence-corrected chi connectivity index (χ2v) is 9.64. The molecule has 30 heavy (non-hydrogen) atoms. The summed E-state index contributed by atoms with van der Waals surface area (Å²) in [6.45, 7) is 10.5. The summed E-state index contributed by atoms with van der Waals surface area (Å²) in [6.07, 6.45) is 2.39. The summed E-state index contributed by atoms with van der Waals surface area (Å²) < 4.78 is 10.7. The molecule has 0 spiro atoms. The van der Waals surface area contributed by atoms with E-state index in [4.69, 9.17) is 9.47 Å². The number of hydrogen-bond acceptors (Lipinski definition) is 8. The summed E-state index contributed by atoms with van der Waals surface area (Å²) in [5.41, 5.74) is -0.319. The smallest absolute Gasteiger partial charge is 0.329 e.